The molecule has 1 saturated heterocycles. The number of amides is 3. The minimum Gasteiger partial charge on any atom is -0.465 e. The Morgan fingerprint density at radius 1 is 1.28 bits per heavy atom. The van der Waals surface area contributed by atoms with Gasteiger partial charge in [0.25, 0.3) is 11.1 Å². The molecule has 0 bridgehead atoms. The fraction of sp³-hybridized carbons (Fsp3) is 0.400. The summed E-state index contributed by atoms with van der Waals surface area (Å²) in [5.41, 5.74) is 0.533. The molecule has 1 saturated carbocycles. The van der Waals surface area contributed by atoms with Gasteiger partial charge < -0.3 is 15.7 Å². The van der Waals surface area contributed by atoms with Crippen LogP contribution >= 0.6 is 11.8 Å². The summed E-state index contributed by atoms with van der Waals surface area (Å²) in [6, 6.07) is 1.81. The first-order valence-electron chi connectivity index (χ1n) is 7.83. The van der Waals surface area contributed by atoms with E-state index in [1.807, 2.05) is 0 Å². The minimum atomic E-state index is -0.993. The van der Waals surface area contributed by atoms with Crippen LogP contribution in [0.2, 0.25) is 0 Å². The molecule has 4 N–H and O–H groups in total. The molecule has 10 heteroatoms. The van der Waals surface area contributed by atoms with E-state index in [-0.39, 0.29) is 12.1 Å². The fourth-order valence-electron chi connectivity index (χ4n) is 2.82. The summed E-state index contributed by atoms with van der Waals surface area (Å²) in [4.78, 5) is 42.2. The number of thioether (sulfide) groups is 1. The van der Waals surface area contributed by atoms with Gasteiger partial charge in [-0.25, -0.2) is 14.8 Å². The molecule has 3 amide bonds. The zero-order valence-electron chi connectivity index (χ0n) is 13.2. The summed E-state index contributed by atoms with van der Waals surface area (Å²) in [5.74, 6) is 0.0195. The van der Waals surface area contributed by atoms with Crippen molar-refractivity contribution in [3.05, 3.63) is 22.9 Å². The van der Waals surface area contributed by atoms with E-state index in [9.17, 15) is 14.4 Å². The van der Waals surface area contributed by atoms with Crippen molar-refractivity contribution < 1.29 is 19.5 Å². The average Bonchev–Trinajstić information content (AvgIpc) is 2.87. The third-order valence-corrected chi connectivity index (χ3v) is 4.80. The standard InChI is InChI=1S/C15H17N5O4S/c21-12-11(25-15(24)20-12)7-10-5-6-16-13(18-10)17-8-1-3-9(4-2-8)19-14(22)23/h5-9,19H,1-4H2,(H,22,23)(H,16,17,18)(H,20,21,24)/b11-7-. The second kappa shape index (κ2) is 7.51. The molecule has 1 aliphatic heterocycles. The van der Waals surface area contributed by atoms with Gasteiger partial charge in [-0.1, -0.05) is 0 Å². The van der Waals surface area contributed by atoms with Gasteiger partial charge in [0, 0.05) is 18.3 Å². The van der Waals surface area contributed by atoms with Crippen LogP contribution in [-0.4, -0.2) is 44.4 Å². The molecule has 0 unspecified atom stereocenters. The molecule has 132 valence electrons. The van der Waals surface area contributed by atoms with Crippen LogP contribution in [0.15, 0.2) is 17.2 Å². The highest BCUT2D eigenvalue weighted by Crippen LogP contribution is 2.25. The largest absolute Gasteiger partial charge is 0.465 e. The van der Waals surface area contributed by atoms with E-state index in [2.05, 4.69) is 25.9 Å². The third kappa shape index (κ3) is 4.69. The molecule has 1 aromatic rings. The Morgan fingerprint density at radius 3 is 2.64 bits per heavy atom. The van der Waals surface area contributed by atoms with E-state index in [1.165, 1.54) is 0 Å². The van der Waals surface area contributed by atoms with Crippen molar-refractivity contribution in [1.29, 1.82) is 0 Å². The fourth-order valence-corrected chi connectivity index (χ4v) is 3.48. The number of imide groups is 1. The Kier molecular flexibility index (Phi) is 5.17. The number of carbonyl (C=O) groups is 3. The van der Waals surface area contributed by atoms with E-state index in [4.69, 9.17) is 5.11 Å². The summed E-state index contributed by atoms with van der Waals surface area (Å²) in [5, 5.41) is 16.3. The monoisotopic (exact) mass is 363 g/mol. The highest BCUT2D eigenvalue weighted by molar-refractivity contribution is 8.18. The van der Waals surface area contributed by atoms with Crippen LogP contribution in [0.5, 0.6) is 0 Å². The van der Waals surface area contributed by atoms with Gasteiger partial charge >= 0.3 is 6.09 Å². The number of carbonyl (C=O) groups excluding carboxylic acids is 2. The molecular weight excluding hydrogens is 346 g/mol. The van der Waals surface area contributed by atoms with Crippen LogP contribution < -0.4 is 16.0 Å². The van der Waals surface area contributed by atoms with Crippen molar-refractivity contribution in [2.24, 2.45) is 0 Å². The Hall–Kier alpha value is -2.62. The maximum Gasteiger partial charge on any atom is 0.404 e. The number of nitrogens with one attached hydrogen (secondary N) is 3. The van der Waals surface area contributed by atoms with Crippen LogP contribution in [-0.2, 0) is 4.79 Å². The van der Waals surface area contributed by atoms with Crippen molar-refractivity contribution in [3.8, 4) is 0 Å². The van der Waals surface area contributed by atoms with Crippen LogP contribution in [0.1, 0.15) is 31.4 Å². The molecule has 2 heterocycles. The molecule has 1 aliphatic carbocycles. The Balaban J connectivity index is 1.59. The lowest BCUT2D eigenvalue weighted by molar-refractivity contribution is -0.115. The molecule has 2 fully saturated rings. The second-order valence-electron chi connectivity index (χ2n) is 5.80. The number of nitrogens with zero attached hydrogens (tertiary/aromatic N) is 2. The molecule has 2 aliphatic rings. The van der Waals surface area contributed by atoms with E-state index < -0.39 is 17.2 Å². The normalized spacial score (nSPS) is 24.9. The van der Waals surface area contributed by atoms with Crippen molar-refractivity contribution in [1.82, 2.24) is 20.6 Å². The number of aromatic nitrogens is 2. The van der Waals surface area contributed by atoms with Gasteiger partial charge in [-0.15, -0.1) is 0 Å². The van der Waals surface area contributed by atoms with Crippen molar-refractivity contribution in [3.63, 3.8) is 0 Å². The topological polar surface area (TPSA) is 133 Å². The lowest BCUT2D eigenvalue weighted by Crippen LogP contribution is -2.39. The lowest BCUT2D eigenvalue weighted by atomic mass is 9.91. The Morgan fingerprint density at radius 2 is 2.00 bits per heavy atom. The first-order chi connectivity index (χ1) is 12.0. The summed E-state index contributed by atoms with van der Waals surface area (Å²) in [6.07, 6.45) is 5.27. The third-order valence-electron chi connectivity index (χ3n) is 3.99. The highest BCUT2D eigenvalue weighted by atomic mass is 32.2. The molecule has 9 nitrogen and oxygen atoms in total. The SMILES string of the molecule is O=C(O)NC1CCC(Nc2nccc(/C=C3\SC(=O)NC3=O)n2)CC1. The van der Waals surface area contributed by atoms with Gasteiger partial charge in [0.15, 0.2) is 0 Å². The van der Waals surface area contributed by atoms with Crippen molar-refractivity contribution >= 4 is 41.0 Å². The van der Waals surface area contributed by atoms with Crippen molar-refractivity contribution in [2.45, 2.75) is 37.8 Å². The average molecular weight is 363 g/mol. The van der Waals surface area contributed by atoms with E-state index in [0.29, 0.717) is 16.5 Å². The summed E-state index contributed by atoms with van der Waals surface area (Å²) >= 11 is 0.841. The van der Waals surface area contributed by atoms with Gasteiger partial charge in [0.2, 0.25) is 5.95 Å². The van der Waals surface area contributed by atoms with Gasteiger partial charge in [-0.05, 0) is 49.6 Å². The molecule has 0 atom stereocenters. The lowest BCUT2D eigenvalue weighted by Gasteiger charge is -2.28. The maximum absolute atomic E-state index is 11.6. The number of carboxylic acid groups (broad SMARTS) is 1. The van der Waals surface area contributed by atoms with E-state index >= 15 is 0 Å². The van der Waals surface area contributed by atoms with Gasteiger partial charge in [0.05, 0.1) is 10.6 Å². The van der Waals surface area contributed by atoms with Crippen LogP contribution in [0.3, 0.4) is 0 Å². The first-order valence-corrected chi connectivity index (χ1v) is 8.65. The smallest absolute Gasteiger partial charge is 0.404 e. The summed E-state index contributed by atoms with van der Waals surface area (Å²) < 4.78 is 0. The molecular formula is C15H17N5O4S. The van der Waals surface area contributed by atoms with Gasteiger partial charge in [-0.2, -0.15) is 0 Å². The quantitative estimate of drug-likeness (QED) is 0.595. The second-order valence-corrected chi connectivity index (χ2v) is 6.81. The number of anilines is 1. The van der Waals surface area contributed by atoms with Gasteiger partial charge in [-0.3, -0.25) is 14.9 Å². The van der Waals surface area contributed by atoms with Crippen LogP contribution in [0.25, 0.3) is 6.08 Å². The molecule has 0 spiro atoms. The predicted molar refractivity (Wildman–Crippen MR) is 92.0 cm³/mol. The summed E-state index contributed by atoms with van der Waals surface area (Å²) in [7, 11) is 0. The zero-order valence-corrected chi connectivity index (χ0v) is 14.0. The number of rotatable bonds is 4. The van der Waals surface area contributed by atoms with Crippen LogP contribution in [0, 0.1) is 0 Å². The minimum absolute atomic E-state index is 0.0111. The molecule has 0 aromatic carbocycles. The predicted octanol–water partition coefficient (Wildman–Crippen LogP) is 1.79. The van der Waals surface area contributed by atoms with Crippen LogP contribution in [0.4, 0.5) is 15.5 Å². The highest BCUT2D eigenvalue weighted by Gasteiger charge is 2.25. The first kappa shape index (κ1) is 17.2. The Labute approximate surface area is 147 Å². The van der Waals surface area contributed by atoms with Crippen molar-refractivity contribution in [2.75, 3.05) is 5.32 Å². The van der Waals surface area contributed by atoms with Gasteiger partial charge in [0.1, 0.15) is 0 Å². The number of hydrogen-bond acceptors (Lipinski definition) is 7. The summed E-state index contributed by atoms with van der Waals surface area (Å²) in [6.45, 7) is 0. The number of hydrogen-bond donors (Lipinski definition) is 4. The van der Waals surface area contributed by atoms with E-state index in [1.54, 1.807) is 18.3 Å². The molecule has 25 heavy (non-hydrogen) atoms. The zero-order chi connectivity index (χ0) is 17.8. The molecule has 3 rings (SSSR count). The van der Waals surface area contributed by atoms with E-state index in [0.717, 1.165) is 37.4 Å². The molecule has 1 aromatic heterocycles. The maximum atomic E-state index is 11.6. The molecule has 0 radical (unpaired) electrons. The Bertz CT molecular complexity index is 730.